The molecule has 2 N–H and O–H groups in total. The number of ketones is 1. The molecule has 0 bridgehead atoms. The average molecular weight is 586 g/mol. The fourth-order valence-corrected chi connectivity index (χ4v) is 4.59. The van der Waals surface area contributed by atoms with Crippen LogP contribution in [0.2, 0.25) is 0 Å². The Hall–Kier alpha value is -3.60. The van der Waals surface area contributed by atoms with Crippen LogP contribution < -0.4 is 15.0 Å². The van der Waals surface area contributed by atoms with Crippen molar-refractivity contribution in [1.82, 2.24) is 15.2 Å². The standard InChI is InChI=1S/C27H31N5O5.BrH/c1-6-37-20-12-16-13-31(25(28)23(16)30-24(20)26(36)29-5)14-19(33)15-7-8-18(17(11-15)27(2,3)4)32-21(34)9-10-22(32)35;/h7-8,11-12,28H,6,9-10,13-14H2,1-5H3,(H,29,36);1H. The first kappa shape index (κ1) is 29.0. The molecule has 202 valence electrons. The second-order valence-corrected chi connectivity index (χ2v) is 10.1. The highest BCUT2D eigenvalue weighted by atomic mass is 79.9. The molecule has 2 aliphatic heterocycles. The molecule has 1 aromatic carbocycles. The summed E-state index contributed by atoms with van der Waals surface area (Å²) in [7, 11) is 1.50. The predicted octanol–water partition coefficient (Wildman–Crippen LogP) is 3.39. The van der Waals surface area contributed by atoms with Gasteiger partial charge in [-0.3, -0.25) is 29.5 Å². The number of halogens is 1. The smallest absolute Gasteiger partial charge is 0.273 e. The molecule has 3 heterocycles. The minimum atomic E-state index is -0.429. The molecule has 10 nitrogen and oxygen atoms in total. The van der Waals surface area contributed by atoms with Gasteiger partial charge in [0.15, 0.2) is 17.2 Å². The number of Topliss-reactive ketones (excluding diaryl/α,β-unsaturated/α-hetero) is 1. The minimum absolute atomic E-state index is 0. The molecule has 2 aliphatic rings. The normalized spacial score (nSPS) is 14.9. The molecular weight excluding hydrogens is 554 g/mol. The number of anilines is 1. The number of rotatable bonds is 7. The number of benzene rings is 1. The second-order valence-electron chi connectivity index (χ2n) is 10.1. The van der Waals surface area contributed by atoms with Gasteiger partial charge in [0.2, 0.25) is 11.8 Å². The molecule has 0 radical (unpaired) electrons. The van der Waals surface area contributed by atoms with Gasteiger partial charge in [0, 0.05) is 37.6 Å². The van der Waals surface area contributed by atoms with Crippen LogP contribution in [0.3, 0.4) is 0 Å². The van der Waals surface area contributed by atoms with E-state index < -0.39 is 11.3 Å². The Morgan fingerprint density at radius 1 is 1.13 bits per heavy atom. The first-order valence-corrected chi connectivity index (χ1v) is 12.2. The van der Waals surface area contributed by atoms with Crippen molar-refractivity contribution in [2.45, 2.75) is 52.5 Å². The highest BCUT2D eigenvalue weighted by molar-refractivity contribution is 8.93. The fraction of sp³-hybridized carbons (Fsp3) is 0.407. The van der Waals surface area contributed by atoms with E-state index in [4.69, 9.17) is 10.1 Å². The van der Waals surface area contributed by atoms with Crippen LogP contribution in [-0.2, 0) is 21.5 Å². The third kappa shape index (κ3) is 5.33. The molecule has 38 heavy (non-hydrogen) atoms. The van der Waals surface area contributed by atoms with Gasteiger partial charge in [-0.15, -0.1) is 17.0 Å². The number of amidine groups is 1. The number of imide groups is 1. The second kappa shape index (κ2) is 11.0. The van der Waals surface area contributed by atoms with E-state index in [9.17, 15) is 19.2 Å². The van der Waals surface area contributed by atoms with Gasteiger partial charge >= 0.3 is 0 Å². The summed E-state index contributed by atoms with van der Waals surface area (Å²) in [6.07, 6.45) is 0.364. The molecule has 0 spiro atoms. The zero-order valence-corrected chi connectivity index (χ0v) is 23.8. The van der Waals surface area contributed by atoms with Crippen molar-refractivity contribution in [3.63, 3.8) is 0 Å². The Morgan fingerprint density at radius 3 is 2.37 bits per heavy atom. The van der Waals surface area contributed by atoms with Gasteiger partial charge in [-0.25, -0.2) is 4.98 Å². The largest absolute Gasteiger partial charge is 0.491 e. The van der Waals surface area contributed by atoms with Crippen LogP contribution in [0.1, 0.15) is 78.2 Å². The summed E-state index contributed by atoms with van der Waals surface area (Å²) < 4.78 is 5.59. The van der Waals surface area contributed by atoms with Crippen molar-refractivity contribution in [3.8, 4) is 5.75 Å². The van der Waals surface area contributed by atoms with E-state index in [2.05, 4.69) is 10.3 Å². The van der Waals surface area contributed by atoms with E-state index in [-0.39, 0.29) is 72.0 Å². The predicted molar refractivity (Wildman–Crippen MR) is 148 cm³/mol. The molecule has 0 unspecified atom stereocenters. The number of hydrogen-bond donors (Lipinski definition) is 2. The Balaban J connectivity index is 0.00000400. The lowest BCUT2D eigenvalue weighted by atomic mass is 9.84. The summed E-state index contributed by atoms with van der Waals surface area (Å²) in [5.74, 6) is -0.736. The summed E-state index contributed by atoms with van der Waals surface area (Å²) in [6.45, 7) is 8.25. The van der Waals surface area contributed by atoms with Gasteiger partial charge in [-0.05, 0) is 42.2 Å². The summed E-state index contributed by atoms with van der Waals surface area (Å²) >= 11 is 0. The van der Waals surface area contributed by atoms with E-state index in [1.165, 1.54) is 11.9 Å². The Morgan fingerprint density at radius 2 is 1.79 bits per heavy atom. The van der Waals surface area contributed by atoms with Gasteiger partial charge in [-0.2, -0.15) is 0 Å². The highest BCUT2D eigenvalue weighted by Crippen LogP contribution is 2.36. The van der Waals surface area contributed by atoms with Gasteiger partial charge in [0.05, 0.1) is 18.8 Å². The number of amides is 3. The van der Waals surface area contributed by atoms with Crippen LogP contribution in [0.25, 0.3) is 0 Å². The molecule has 4 rings (SSSR count). The molecule has 0 saturated carbocycles. The van der Waals surface area contributed by atoms with E-state index in [1.54, 1.807) is 36.1 Å². The highest BCUT2D eigenvalue weighted by Gasteiger charge is 2.35. The third-order valence-electron chi connectivity index (χ3n) is 6.46. The molecular formula is C27H32BrN5O5. The molecule has 2 aromatic rings. The van der Waals surface area contributed by atoms with Crippen LogP contribution in [-0.4, -0.2) is 59.4 Å². The summed E-state index contributed by atoms with van der Waals surface area (Å²) in [6, 6.07) is 6.71. The van der Waals surface area contributed by atoms with Gasteiger partial charge in [0.1, 0.15) is 11.5 Å². The van der Waals surface area contributed by atoms with Gasteiger partial charge < -0.3 is 15.0 Å². The molecule has 1 saturated heterocycles. The first-order chi connectivity index (χ1) is 17.5. The quantitative estimate of drug-likeness (QED) is 0.376. The summed E-state index contributed by atoms with van der Waals surface area (Å²) in [4.78, 5) is 57.6. The summed E-state index contributed by atoms with van der Waals surface area (Å²) in [5.41, 5.74) is 2.36. The Labute approximate surface area is 232 Å². The lowest BCUT2D eigenvalue weighted by Gasteiger charge is -2.27. The maximum atomic E-state index is 13.3. The Bertz CT molecular complexity index is 1320. The van der Waals surface area contributed by atoms with Crippen molar-refractivity contribution in [1.29, 1.82) is 5.41 Å². The maximum Gasteiger partial charge on any atom is 0.273 e. The maximum absolute atomic E-state index is 13.3. The van der Waals surface area contributed by atoms with Gasteiger partial charge in [-0.1, -0.05) is 20.8 Å². The van der Waals surface area contributed by atoms with Crippen LogP contribution in [0.15, 0.2) is 24.3 Å². The monoisotopic (exact) mass is 585 g/mol. The van der Waals surface area contributed by atoms with Crippen LogP contribution >= 0.6 is 17.0 Å². The number of carbonyl (C=O) groups is 4. The number of ether oxygens (including phenoxy) is 1. The summed E-state index contributed by atoms with van der Waals surface area (Å²) in [5, 5.41) is 11.1. The molecule has 3 amide bonds. The topological polar surface area (TPSA) is 133 Å². The Kier molecular flexibility index (Phi) is 8.40. The number of fused-ring (bicyclic) bond motifs is 1. The zero-order valence-electron chi connectivity index (χ0n) is 22.1. The van der Waals surface area contributed by atoms with Gasteiger partial charge in [0.25, 0.3) is 5.91 Å². The fourth-order valence-electron chi connectivity index (χ4n) is 4.59. The lowest BCUT2D eigenvalue weighted by Crippen LogP contribution is -2.32. The van der Waals surface area contributed by atoms with E-state index in [1.807, 2.05) is 20.8 Å². The number of carbonyl (C=O) groups excluding carboxylic acids is 4. The SMILES string of the molecule is Br.CCOc1cc2c(nc1C(=O)NC)C(=N)N(CC(=O)c1ccc(N3C(=O)CCC3=O)c(C(C)(C)C)c1)C2. The number of nitrogens with zero attached hydrogens (tertiary/aromatic N) is 3. The average Bonchev–Trinajstić information content (AvgIpc) is 3.34. The van der Waals surface area contributed by atoms with Crippen LogP contribution in [0.4, 0.5) is 5.69 Å². The molecule has 1 aromatic heterocycles. The third-order valence-corrected chi connectivity index (χ3v) is 6.46. The number of nitrogens with one attached hydrogen (secondary N) is 2. The molecule has 1 fully saturated rings. The van der Waals surface area contributed by atoms with Crippen LogP contribution in [0.5, 0.6) is 5.75 Å². The molecule has 0 atom stereocenters. The van der Waals surface area contributed by atoms with Crippen molar-refractivity contribution in [3.05, 3.63) is 52.3 Å². The van der Waals surface area contributed by atoms with E-state index in [0.29, 0.717) is 34.9 Å². The number of hydrogen-bond acceptors (Lipinski definition) is 7. The van der Waals surface area contributed by atoms with Crippen molar-refractivity contribution < 1.29 is 23.9 Å². The van der Waals surface area contributed by atoms with Crippen LogP contribution in [0, 0.1) is 5.41 Å². The number of pyridine rings is 1. The minimum Gasteiger partial charge on any atom is -0.491 e. The first-order valence-electron chi connectivity index (χ1n) is 12.2. The van der Waals surface area contributed by atoms with E-state index in [0.717, 1.165) is 5.56 Å². The van der Waals surface area contributed by atoms with Crippen molar-refractivity contribution >= 4 is 52.0 Å². The van der Waals surface area contributed by atoms with Crippen molar-refractivity contribution in [2.24, 2.45) is 0 Å². The molecule has 11 heteroatoms. The lowest BCUT2D eigenvalue weighted by molar-refractivity contribution is -0.121. The number of aromatic nitrogens is 1. The van der Waals surface area contributed by atoms with Crippen molar-refractivity contribution in [2.75, 3.05) is 25.1 Å². The zero-order chi connectivity index (χ0) is 27.1. The van der Waals surface area contributed by atoms with E-state index >= 15 is 0 Å². The molecule has 0 aliphatic carbocycles.